The molecule has 0 aromatic carbocycles. The number of carbonyl (C=O) groups is 2. The highest BCUT2D eigenvalue weighted by Gasteiger charge is 2.41. The molecule has 1 N–H and O–H groups in total. The Morgan fingerprint density at radius 3 is 2.52 bits per heavy atom. The molecular weight excluding hydrogens is 322 g/mol. The molecule has 0 saturated carbocycles. The summed E-state index contributed by atoms with van der Waals surface area (Å²) >= 11 is 0. The Balaban J connectivity index is 2.49. The molecule has 1 fully saturated rings. The summed E-state index contributed by atoms with van der Waals surface area (Å²) in [6, 6.07) is -0.0962. The van der Waals surface area contributed by atoms with Gasteiger partial charge >= 0.3 is 6.09 Å². The molecule has 1 saturated heterocycles. The number of nitrogens with one attached hydrogen (secondary N) is 1. The van der Waals surface area contributed by atoms with Gasteiger partial charge in [0, 0.05) is 39.3 Å². The van der Waals surface area contributed by atoms with Crippen LogP contribution in [0.2, 0.25) is 0 Å². The van der Waals surface area contributed by atoms with Crippen molar-refractivity contribution in [2.24, 2.45) is 5.92 Å². The molecule has 0 radical (unpaired) electrons. The predicted octanol–water partition coefficient (Wildman–Crippen LogP) is 1.72. The van der Waals surface area contributed by atoms with E-state index in [1.165, 1.54) is 0 Å². The van der Waals surface area contributed by atoms with E-state index >= 15 is 0 Å². The fourth-order valence-corrected chi connectivity index (χ4v) is 3.07. The zero-order valence-corrected chi connectivity index (χ0v) is 16.6. The van der Waals surface area contributed by atoms with Crippen LogP contribution in [0.4, 0.5) is 4.79 Å². The lowest BCUT2D eigenvalue weighted by molar-refractivity contribution is -0.125. The van der Waals surface area contributed by atoms with E-state index in [0.29, 0.717) is 26.1 Å². The van der Waals surface area contributed by atoms with E-state index in [2.05, 4.69) is 10.2 Å². The zero-order chi connectivity index (χ0) is 19.0. The van der Waals surface area contributed by atoms with Crippen LogP contribution in [0.25, 0.3) is 0 Å². The fourth-order valence-electron chi connectivity index (χ4n) is 3.07. The Bertz CT molecular complexity index is 437. The first-order valence-corrected chi connectivity index (χ1v) is 9.14. The van der Waals surface area contributed by atoms with Gasteiger partial charge in [-0.05, 0) is 40.7 Å². The van der Waals surface area contributed by atoms with E-state index in [0.717, 1.165) is 19.5 Å². The molecule has 1 heterocycles. The number of likely N-dealkylation sites (N-methyl/N-ethyl adjacent to an activating group) is 1. The van der Waals surface area contributed by atoms with Crippen molar-refractivity contribution < 1.29 is 19.1 Å². The molecule has 0 aromatic rings. The van der Waals surface area contributed by atoms with Crippen LogP contribution in [0.15, 0.2) is 0 Å². The van der Waals surface area contributed by atoms with Crippen LogP contribution in [0.5, 0.6) is 0 Å². The first-order chi connectivity index (χ1) is 11.7. The number of nitrogens with zero attached hydrogens (tertiary/aromatic N) is 2. The van der Waals surface area contributed by atoms with Crippen LogP contribution in [-0.2, 0) is 14.3 Å². The van der Waals surface area contributed by atoms with E-state index in [1.807, 2.05) is 34.7 Å². The Morgan fingerprint density at radius 2 is 1.96 bits per heavy atom. The molecule has 2 atom stereocenters. The first kappa shape index (κ1) is 21.7. The monoisotopic (exact) mass is 357 g/mol. The summed E-state index contributed by atoms with van der Waals surface area (Å²) in [5.41, 5.74) is -0.525. The van der Waals surface area contributed by atoms with Crippen LogP contribution >= 0.6 is 0 Å². The van der Waals surface area contributed by atoms with E-state index in [9.17, 15) is 9.59 Å². The molecule has 146 valence electrons. The summed E-state index contributed by atoms with van der Waals surface area (Å²) in [7, 11) is 3.68. The maximum absolute atomic E-state index is 12.5. The molecule has 0 aliphatic carbocycles. The van der Waals surface area contributed by atoms with Gasteiger partial charge in [-0.2, -0.15) is 0 Å². The topological polar surface area (TPSA) is 71.1 Å². The van der Waals surface area contributed by atoms with Gasteiger partial charge in [-0.25, -0.2) is 4.79 Å². The molecule has 7 nitrogen and oxygen atoms in total. The summed E-state index contributed by atoms with van der Waals surface area (Å²) in [6.07, 6.45) is 1.10. The van der Waals surface area contributed by atoms with Crippen molar-refractivity contribution in [3.63, 3.8) is 0 Å². The van der Waals surface area contributed by atoms with Crippen molar-refractivity contribution >= 4 is 12.0 Å². The Morgan fingerprint density at radius 1 is 1.28 bits per heavy atom. The second-order valence-corrected chi connectivity index (χ2v) is 7.63. The van der Waals surface area contributed by atoms with Gasteiger partial charge in [0.05, 0.1) is 12.5 Å². The smallest absolute Gasteiger partial charge is 0.410 e. The molecular formula is C18H35N3O4. The van der Waals surface area contributed by atoms with E-state index in [4.69, 9.17) is 9.47 Å². The van der Waals surface area contributed by atoms with Crippen molar-refractivity contribution in [1.29, 1.82) is 0 Å². The number of hydrogen-bond donors (Lipinski definition) is 1. The highest BCUT2D eigenvalue weighted by molar-refractivity contribution is 5.81. The van der Waals surface area contributed by atoms with Gasteiger partial charge in [-0.15, -0.1) is 0 Å². The van der Waals surface area contributed by atoms with Crippen molar-refractivity contribution in [3.8, 4) is 0 Å². The number of likely N-dealkylation sites (tertiary alicyclic amines) is 1. The van der Waals surface area contributed by atoms with Crippen LogP contribution < -0.4 is 5.32 Å². The molecule has 0 spiro atoms. The normalized spacial score (nSPS) is 20.8. The van der Waals surface area contributed by atoms with E-state index in [-0.39, 0.29) is 24.0 Å². The second-order valence-electron chi connectivity index (χ2n) is 7.63. The van der Waals surface area contributed by atoms with Gasteiger partial charge in [-0.1, -0.05) is 6.92 Å². The number of carbonyl (C=O) groups excluding carboxylic acids is 2. The summed E-state index contributed by atoms with van der Waals surface area (Å²) in [4.78, 5) is 28.7. The van der Waals surface area contributed by atoms with Crippen molar-refractivity contribution in [2.45, 2.75) is 52.2 Å². The average molecular weight is 357 g/mol. The molecule has 0 unspecified atom stereocenters. The quantitative estimate of drug-likeness (QED) is 0.716. The fraction of sp³-hybridized carbons (Fsp3) is 0.889. The van der Waals surface area contributed by atoms with Crippen LogP contribution in [0.3, 0.4) is 0 Å². The Kier molecular flexibility index (Phi) is 8.65. The van der Waals surface area contributed by atoms with Gasteiger partial charge in [0.1, 0.15) is 5.60 Å². The minimum atomic E-state index is -0.525. The third kappa shape index (κ3) is 7.20. The maximum atomic E-state index is 12.5. The number of rotatable bonds is 8. The Labute approximate surface area is 152 Å². The third-order valence-corrected chi connectivity index (χ3v) is 4.40. The number of amides is 2. The van der Waals surface area contributed by atoms with Crippen molar-refractivity contribution in [2.75, 3.05) is 46.9 Å². The van der Waals surface area contributed by atoms with Crippen molar-refractivity contribution in [1.82, 2.24) is 15.1 Å². The van der Waals surface area contributed by atoms with E-state index < -0.39 is 5.60 Å². The molecule has 1 aliphatic heterocycles. The maximum Gasteiger partial charge on any atom is 0.410 e. The summed E-state index contributed by atoms with van der Waals surface area (Å²) in [5.74, 6) is -0.139. The second kappa shape index (κ2) is 9.97. The highest BCUT2D eigenvalue weighted by Crippen LogP contribution is 2.28. The summed E-state index contributed by atoms with van der Waals surface area (Å²) < 4.78 is 10.5. The molecule has 2 amide bonds. The van der Waals surface area contributed by atoms with Gasteiger partial charge in [0.25, 0.3) is 0 Å². The molecule has 1 rings (SSSR count). The van der Waals surface area contributed by atoms with Crippen LogP contribution in [0.1, 0.15) is 40.5 Å². The highest BCUT2D eigenvalue weighted by atomic mass is 16.6. The minimum absolute atomic E-state index is 0.0260. The molecule has 0 bridgehead atoms. The number of ether oxygens (including phenoxy) is 2. The molecule has 7 heteroatoms. The summed E-state index contributed by atoms with van der Waals surface area (Å²) in [5, 5.41) is 3.00. The van der Waals surface area contributed by atoms with Gasteiger partial charge in [0.2, 0.25) is 5.91 Å². The SMILES string of the molecule is CC[C@H]1[C@H](C(=O)NCCN(C)CCOC)CCN1C(=O)OC(C)(C)C. The lowest BCUT2D eigenvalue weighted by Crippen LogP contribution is -2.45. The average Bonchev–Trinajstić information content (AvgIpc) is 2.95. The van der Waals surface area contributed by atoms with Crippen LogP contribution in [-0.4, -0.2) is 80.4 Å². The third-order valence-electron chi connectivity index (χ3n) is 4.40. The predicted molar refractivity (Wildman–Crippen MR) is 97.5 cm³/mol. The van der Waals surface area contributed by atoms with E-state index in [1.54, 1.807) is 12.0 Å². The largest absolute Gasteiger partial charge is 0.444 e. The minimum Gasteiger partial charge on any atom is -0.444 e. The lowest BCUT2D eigenvalue weighted by Gasteiger charge is -2.29. The molecule has 1 aliphatic rings. The Hall–Kier alpha value is -1.34. The lowest BCUT2D eigenvalue weighted by atomic mass is 9.97. The van der Waals surface area contributed by atoms with Crippen molar-refractivity contribution in [3.05, 3.63) is 0 Å². The number of methoxy groups -OCH3 is 1. The zero-order valence-electron chi connectivity index (χ0n) is 16.6. The van der Waals surface area contributed by atoms with Crippen LogP contribution in [0, 0.1) is 5.92 Å². The summed E-state index contributed by atoms with van der Waals surface area (Å²) in [6.45, 7) is 11.0. The number of hydrogen-bond acceptors (Lipinski definition) is 5. The standard InChI is InChI=1S/C18H35N3O4/c1-7-15-14(8-10-21(15)17(23)25-18(2,3)4)16(22)19-9-11-20(5)12-13-24-6/h14-15H,7-13H2,1-6H3,(H,19,22)/t14-,15+/m1/s1. The molecule has 0 aromatic heterocycles. The van der Waals surface area contributed by atoms with Gasteiger partial charge in [0.15, 0.2) is 0 Å². The van der Waals surface area contributed by atoms with Gasteiger partial charge in [-0.3, -0.25) is 4.79 Å². The first-order valence-electron chi connectivity index (χ1n) is 9.14. The van der Waals surface area contributed by atoms with Gasteiger partial charge < -0.3 is 24.6 Å². The molecule has 25 heavy (non-hydrogen) atoms.